The fraction of sp³-hybridized carbons (Fsp3) is 0.462. The summed E-state index contributed by atoms with van der Waals surface area (Å²) in [6.07, 6.45) is 0. The molecule has 1 rings (SSSR count). The van der Waals surface area contributed by atoms with Gasteiger partial charge in [0.05, 0.1) is 19.9 Å². The van der Waals surface area contributed by atoms with Gasteiger partial charge in [0.15, 0.2) is 0 Å². The zero-order chi connectivity index (χ0) is 12.2. The largest absolute Gasteiger partial charge is 0.480 e. The molecule has 1 aromatic carbocycles. The van der Waals surface area contributed by atoms with E-state index in [2.05, 4.69) is 5.32 Å². The van der Waals surface area contributed by atoms with Crippen LogP contribution in [-0.4, -0.2) is 24.4 Å². The Hall–Kier alpha value is -1.39. The van der Waals surface area contributed by atoms with Crippen molar-refractivity contribution in [3.8, 4) is 0 Å². The smallest absolute Gasteiger partial charge is 0.317 e. The quantitative estimate of drug-likeness (QED) is 0.593. The van der Waals surface area contributed by atoms with E-state index >= 15 is 0 Å². The van der Waals surface area contributed by atoms with Gasteiger partial charge in [0.1, 0.15) is 0 Å². The van der Waals surface area contributed by atoms with E-state index in [9.17, 15) is 4.79 Å². The normalized spacial score (nSPS) is 8.59. The van der Waals surface area contributed by atoms with E-state index in [4.69, 9.17) is 9.84 Å². The summed E-state index contributed by atoms with van der Waals surface area (Å²) in [5.74, 6) is -0.881. The summed E-state index contributed by atoms with van der Waals surface area (Å²) in [7, 11) is 0. The van der Waals surface area contributed by atoms with Gasteiger partial charge in [-0.1, -0.05) is 51.6 Å². The Morgan fingerprint density at radius 3 is 2.41 bits per heavy atom. The summed E-state index contributed by atoms with van der Waals surface area (Å²) in [4.78, 5) is 10.1. The van der Waals surface area contributed by atoms with Crippen molar-refractivity contribution < 1.29 is 14.6 Å². The Morgan fingerprint density at radius 1 is 1.29 bits per heavy atom. The molecule has 0 spiro atoms. The highest BCUT2D eigenvalue weighted by atomic mass is 16.5. The summed E-state index contributed by atoms with van der Waals surface area (Å²) in [6, 6.07) is 9.72. The minimum absolute atomic E-state index is 0. The standard InChI is InChI=1S/C10H13NO3.C2H6.CH4/c12-10(13)6-11-8-14-7-9-4-2-1-3-5-9;1-2;/h1-5,11H,6-8H2,(H,12,13);1-2H3;1H4. The Balaban J connectivity index is 0. The molecule has 0 aliphatic heterocycles. The summed E-state index contributed by atoms with van der Waals surface area (Å²) in [6.45, 7) is 4.67. The number of benzene rings is 1. The maximum atomic E-state index is 10.1. The first-order valence-electron chi connectivity index (χ1n) is 5.33. The predicted molar refractivity (Wildman–Crippen MR) is 69.8 cm³/mol. The highest BCUT2D eigenvalue weighted by Gasteiger charge is 1.94. The molecule has 0 aromatic heterocycles. The van der Waals surface area contributed by atoms with Crippen molar-refractivity contribution in [2.45, 2.75) is 27.9 Å². The van der Waals surface area contributed by atoms with Crippen LogP contribution < -0.4 is 5.32 Å². The highest BCUT2D eigenvalue weighted by molar-refractivity contribution is 5.68. The number of carbonyl (C=O) groups is 1. The first-order valence-corrected chi connectivity index (χ1v) is 5.33. The van der Waals surface area contributed by atoms with Crippen molar-refractivity contribution in [3.05, 3.63) is 35.9 Å². The molecule has 1 aromatic rings. The lowest BCUT2D eigenvalue weighted by Crippen LogP contribution is -2.24. The third-order valence-corrected chi connectivity index (χ3v) is 1.59. The maximum absolute atomic E-state index is 10.1. The zero-order valence-corrected chi connectivity index (χ0v) is 9.77. The topological polar surface area (TPSA) is 58.6 Å². The van der Waals surface area contributed by atoms with Crippen LogP contribution >= 0.6 is 0 Å². The number of hydrogen-bond acceptors (Lipinski definition) is 3. The predicted octanol–water partition coefficient (Wildman–Crippen LogP) is 2.50. The minimum Gasteiger partial charge on any atom is -0.480 e. The van der Waals surface area contributed by atoms with Crippen LogP contribution in [-0.2, 0) is 16.1 Å². The molecule has 98 valence electrons. The van der Waals surface area contributed by atoms with Gasteiger partial charge in [0, 0.05) is 0 Å². The van der Waals surface area contributed by atoms with E-state index in [0.29, 0.717) is 6.61 Å². The fourth-order valence-electron chi connectivity index (χ4n) is 0.973. The van der Waals surface area contributed by atoms with E-state index in [1.807, 2.05) is 44.2 Å². The molecule has 4 nitrogen and oxygen atoms in total. The van der Waals surface area contributed by atoms with Crippen LogP contribution in [0.2, 0.25) is 0 Å². The van der Waals surface area contributed by atoms with Crippen molar-refractivity contribution in [1.29, 1.82) is 0 Å². The van der Waals surface area contributed by atoms with Gasteiger partial charge in [-0.25, -0.2) is 0 Å². The molecule has 17 heavy (non-hydrogen) atoms. The molecule has 0 atom stereocenters. The number of ether oxygens (including phenoxy) is 1. The van der Waals surface area contributed by atoms with Gasteiger partial charge in [-0.15, -0.1) is 0 Å². The molecular weight excluding hydrogens is 218 g/mol. The van der Waals surface area contributed by atoms with Crippen LogP contribution in [0.15, 0.2) is 30.3 Å². The van der Waals surface area contributed by atoms with Crippen LogP contribution in [0.25, 0.3) is 0 Å². The zero-order valence-electron chi connectivity index (χ0n) is 9.77. The first kappa shape index (κ1) is 18.0. The van der Waals surface area contributed by atoms with Crippen molar-refractivity contribution in [3.63, 3.8) is 0 Å². The van der Waals surface area contributed by atoms with Crippen LogP contribution in [0.5, 0.6) is 0 Å². The third kappa shape index (κ3) is 10.9. The molecule has 0 radical (unpaired) electrons. The molecule has 0 amide bonds. The van der Waals surface area contributed by atoms with E-state index in [1.54, 1.807) is 0 Å². The Morgan fingerprint density at radius 2 is 1.88 bits per heavy atom. The Labute approximate surface area is 104 Å². The number of nitrogens with one attached hydrogen (secondary N) is 1. The molecule has 0 fully saturated rings. The third-order valence-electron chi connectivity index (χ3n) is 1.59. The SMILES string of the molecule is C.CC.O=C(O)CNCOCc1ccccc1. The van der Waals surface area contributed by atoms with Crippen LogP contribution in [0, 0.1) is 0 Å². The second-order valence-electron chi connectivity index (χ2n) is 2.80. The van der Waals surface area contributed by atoms with E-state index in [0.717, 1.165) is 5.56 Å². The van der Waals surface area contributed by atoms with Crippen LogP contribution in [0.1, 0.15) is 26.8 Å². The number of hydrogen-bond donors (Lipinski definition) is 2. The number of rotatable bonds is 6. The number of carboxylic acids is 1. The second-order valence-corrected chi connectivity index (χ2v) is 2.80. The monoisotopic (exact) mass is 241 g/mol. The van der Waals surface area contributed by atoms with E-state index in [1.165, 1.54) is 0 Å². The first-order chi connectivity index (χ1) is 7.79. The average molecular weight is 241 g/mol. The number of carboxylic acid groups (broad SMARTS) is 1. The van der Waals surface area contributed by atoms with E-state index < -0.39 is 5.97 Å². The van der Waals surface area contributed by atoms with Crippen LogP contribution in [0.3, 0.4) is 0 Å². The second kappa shape index (κ2) is 12.7. The van der Waals surface area contributed by atoms with Gasteiger partial charge in [-0.05, 0) is 5.56 Å². The fourth-order valence-corrected chi connectivity index (χ4v) is 0.973. The molecular formula is C13H23NO3. The molecule has 2 N–H and O–H groups in total. The summed E-state index contributed by atoms with van der Waals surface area (Å²) in [5, 5.41) is 10.9. The molecule has 0 heterocycles. The molecule has 4 heteroatoms. The van der Waals surface area contributed by atoms with Gasteiger partial charge in [-0.2, -0.15) is 0 Å². The van der Waals surface area contributed by atoms with Crippen molar-refractivity contribution in [2.24, 2.45) is 0 Å². The molecule has 0 saturated carbocycles. The lowest BCUT2D eigenvalue weighted by Gasteiger charge is -2.04. The molecule has 0 aliphatic carbocycles. The van der Waals surface area contributed by atoms with Gasteiger partial charge >= 0.3 is 5.97 Å². The maximum Gasteiger partial charge on any atom is 0.317 e. The van der Waals surface area contributed by atoms with Gasteiger partial charge < -0.3 is 9.84 Å². The van der Waals surface area contributed by atoms with Gasteiger partial charge in [0.2, 0.25) is 0 Å². The van der Waals surface area contributed by atoms with Crippen molar-refractivity contribution >= 4 is 5.97 Å². The number of aliphatic carboxylic acids is 1. The lowest BCUT2D eigenvalue weighted by atomic mass is 10.2. The van der Waals surface area contributed by atoms with E-state index in [-0.39, 0.29) is 20.7 Å². The molecule has 0 saturated heterocycles. The lowest BCUT2D eigenvalue weighted by molar-refractivity contribution is -0.136. The summed E-state index contributed by atoms with van der Waals surface area (Å²) >= 11 is 0. The van der Waals surface area contributed by atoms with Gasteiger partial charge in [0.25, 0.3) is 0 Å². The Kier molecular flexibility index (Phi) is 13.4. The molecule has 0 bridgehead atoms. The van der Waals surface area contributed by atoms with Crippen molar-refractivity contribution in [1.82, 2.24) is 5.32 Å². The highest BCUT2D eigenvalue weighted by Crippen LogP contribution is 1.99. The average Bonchev–Trinajstić information content (AvgIpc) is 2.32. The Bertz CT molecular complexity index is 275. The van der Waals surface area contributed by atoms with Gasteiger partial charge in [-0.3, -0.25) is 10.1 Å². The molecule has 0 unspecified atom stereocenters. The summed E-state index contributed by atoms with van der Waals surface area (Å²) < 4.78 is 5.20. The molecule has 0 aliphatic rings. The minimum atomic E-state index is -0.881. The van der Waals surface area contributed by atoms with Crippen LogP contribution in [0.4, 0.5) is 0 Å². The summed E-state index contributed by atoms with van der Waals surface area (Å²) in [5.41, 5.74) is 1.07. The van der Waals surface area contributed by atoms with Crippen molar-refractivity contribution in [2.75, 3.05) is 13.3 Å².